The quantitative estimate of drug-likeness (QED) is 0.556. The summed E-state index contributed by atoms with van der Waals surface area (Å²) in [5, 5.41) is 8.56. The molecule has 8 heavy (non-hydrogen) atoms. The van der Waals surface area contributed by atoms with Gasteiger partial charge in [0.25, 0.3) is 0 Å². The van der Waals surface area contributed by atoms with Crippen LogP contribution in [0, 0.1) is 5.92 Å². The molecule has 0 radical (unpaired) electrons. The molecule has 0 aliphatic rings. The molecule has 0 aromatic carbocycles. The second kappa shape index (κ2) is 5.49. The van der Waals surface area contributed by atoms with Crippen molar-refractivity contribution in [2.45, 2.75) is 0 Å². The molecule has 0 saturated carbocycles. The van der Waals surface area contributed by atoms with E-state index in [1.165, 1.54) is 0 Å². The molecule has 0 amide bonds. The molecule has 2 nitrogen and oxygen atoms in total. The van der Waals surface area contributed by atoms with E-state index in [2.05, 4.69) is 9.24 Å². The molecular formula is C5H13O2P. The molecule has 0 heterocycles. The molecule has 0 aliphatic heterocycles. The minimum absolute atomic E-state index is 0.220. The van der Waals surface area contributed by atoms with Gasteiger partial charge in [-0.25, -0.2) is 0 Å². The zero-order chi connectivity index (χ0) is 6.41. The van der Waals surface area contributed by atoms with Crippen LogP contribution in [0.5, 0.6) is 0 Å². The normalized spacial score (nSPS) is 13.9. The highest BCUT2D eigenvalue weighted by molar-refractivity contribution is 7.16. The SMILES string of the molecule is COCC(CO)CP. The van der Waals surface area contributed by atoms with Crippen LogP contribution in [0.1, 0.15) is 0 Å². The Labute approximate surface area is 52.4 Å². The predicted octanol–water partition coefficient (Wildman–Crippen LogP) is 0.116. The lowest BCUT2D eigenvalue weighted by Gasteiger charge is -2.07. The molecule has 1 N–H and O–H groups in total. The molecule has 0 spiro atoms. The van der Waals surface area contributed by atoms with Crippen LogP contribution in [0.15, 0.2) is 0 Å². The third-order valence-electron chi connectivity index (χ3n) is 0.994. The maximum Gasteiger partial charge on any atom is 0.0515 e. The standard InChI is InChI=1S/C5H13O2P/c1-7-3-5(2-6)4-8/h5-6H,2-4,8H2,1H3. The molecule has 2 unspecified atom stereocenters. The second-order valence-electron chi connectivity index (χ2n) is 1.74. The van der Waals surface area contributed by atoms with Crippen molar-refractivity contribution in [3.8, 4) is 0 Å². The summed E-state index contributed by atoms with van der Waals surface area (Å²) < 4.78 is 4.81. The van der Waals surface area contributed by atoms with E-state index in [9.17, 15) is 0 Å². The summed E-state index contributed by atoms with van der Waals surface area (Å²) in [5.74, 6) is 0.296. The first-order valence-electron chi connectivity index (χ1n) is 2.65. The van der Waals surface area contributed by atoms with Gasteiger partial charge in [0.15, 0.2) is 0 Å². The molecular weight excluding hydrogens is 123 g/mol. The Hall–Kier alpha value is 0.350. The molecule has 0 bridgehead atoms. The minimum Gasteiger partial charge on any atom is -0.396 e. The lowest BCUT2D eigenvalue weighted by atomic mass is 10.2. The summed E-state index contributed by atoms with van der Waals surface area (Å²) in [4.78, 5) is 0. The number of ether oxygens (including phenoxy) is 1. The van der Waals surface area contributed by atoms with E-state index in [1.54, 1.807) is 7.11 Å². The van der Waals surface area contributed by atoms with Gasteiger partial charge in [-0.15, -0.1) is 9.24 Å². The smallest absolute Gasteiger partial charge is 0.0515 e. The van der Waals surface area contributed by atoms with Crippen LogP contribution in [0.25, 0.3) is 0 Å². The van der Waals surface area contributed by atoms with E-state index in [0.717, 1.165) is 6.16 Å². The first kappa shape index (κ1) is 8.35. The fraction of sp³-hybridized carbons (Fsp3) is 1.00. The summed E-state index contributed by atoms with van der Waals surface area (Å²) in [5.41, 5.74) is 0. The second-order valence-corrected chi connectivity index (χ2v) is 2.21. The van der Waals surface area contributed by atoms with Gasteiger partial charge < -0.3 is 9.84 Å². The highest BCUT2D eigenvalue weighted by atomic mass is 31.0. The molecule has 0 aromatic heterocycles. The summed E-state index contributed by atoms with van der Waals surface area (Å²) in [6, 6.07) is 0. The number of hydrogen-bond acceptors (Lipinski definition) is 2. The summed E-state index contributed by atoms with van der Waals surface area (Å²) in [6.07, 6.45) is 0.907. The maximum atomic E-state index is 8.56. The fourth-order valence-corrected chi connectivity index (χ4v) is 0.716. The number of aliphatic hydroxyl groups excluding tert-OH is 1. The van der Waals surface area contributed by atoms with E-state index in [0.29, 0.717) is 12.5 Å². The van der Waals surface area contributed by atoms with Crippen LogP contribution in [-0.4, -0.2) is 31.6 Å². The minimum atomic E-state index is 0.220. The van der Waals surface area contributed by atoms with Crippen LogP contribution in [0.2, 0.25) is 0 Å². The Morgan fingerprint density at radius 3 is 2.50 bits per heavy atom. The van der Waals surface area contributed by atoms with Crippen molar-refractivity contribution >= 4 is 9.24 Å². The highest BCUT2D eigenvalue weighted by Gasteiger charge is 2.01. The Bertz CT molecular complexity index is 45.7. The van der Waals surface area contributed by atoms with Crippen molar-refractivity contribution in [3.63, 3.8) is 0 Å². The van der Waals surface area contributed by atoms with E-state index >= 15 is 0 Å². The van der Waals surface area contributed by atoms with Crippen molar-refractivity contribution < 1.29 is 9.84 Å². The molecule has 50 valence electrons. The van der Waals surface area contributed by atoms with Gasteiger partial charge in [-0.1, -0.05) is 0 Å². The van der Waals surface area contributed by atoms with E-state index < -0.39 is 0 Å². The van der Waals surface area contributed by atoms with Gasteiger partial charge in [-0.05, 0) is 6.16 Å². The van der Waals surface area contributed by atoms with Crippen LogP contribution >= 0.6 is 9.24 Å². The van der Waals surface area contributed by atoms with Gasteiger partial charge in [0.2, 0.25) is 0 Å². The van der Waals surface area contributed by atoms with Gasteiger partial charge in [0, 0.05) is 19.6 Å². The van der Waals surface area contributed by atoms with Gasteiger partial charge in [-0.2, -0.15) is 0 Å². The lowest BCUT2D eigenvalue weighted by Crippen LogP contribution is -2.13. The Kier molecular flexibility index (Phi) is 5.73. The van der Waals surface area contributed by atoms with E-state index in [1.807, 2.05) is 0 Å². The largest absolute Gasteiger partial charge is 0.396 e. The fourth-order valence-electron chi connectivity index (χ4n) is 0.431. The zero-order valence-electron chi connectivity index (χ0n) is 5.13. The lowest BCUT2D eigenvalue weighted by molar-refractivity contribution is 0.121. The summed E-state index contributed by atoms with van der Waals surface area (Å²) >= 11 is 0. The topological polar surface area (TPSA) is 29.5 Å². The zero-order valence-corrected chi connectivity index (χ0v) is 6.29. The monoisotopic (exact) mass is 136 g/mol. The predicted molar refractivity (Wildman–Crippen MR) is 37.0 cm³/mol. The van der Waals surface area contributed by atoms with Crippen molar-refractivity contribution in [3.05, 3.63) is 0 Å². The summed E-state index contributed by atoms with van der Waals surface area (Å²) in [6.45, 7) is 0.872. The van der Waals surface area contributed by atoms with Crippen molar-refractivity contribution in [2.75, 3.05) is 26.5 Å². The highest BCUT2D eigenvalue weighted by Crippen LogP contribution is 1.99. The van der Waals surface area contributed by atoms with E-state index in [4.69, 9.17) is 9.84 Å². The van der Waals surface area contributed by atoms with Crippen molar-refractivity contribution in [1.82, 2.24) is 0 Å². The molecule has 0 saturated heterocycles. The average molecular weight is 136 g/mol. The van der Waals surface area contributed by atoms with Gasteiger partial charge in [-0.3, -0.25) is 0 Å². The van der Waals surface area contributed by atoms with Crippen molar-refractivity contribution in [2.24, 2.45) is 5.92 Å². The average Bonchev–Trinajstić information content (AvgIpc) is 1.83. The maximum absolute atomic E-state index is 8.56. The molecule has 2 atom stereocenters. The number of methoxy groups -OCH3 is 1. The van der Waals surface area contributed by atoms with Gasteiger partial charge >= 0.3 is 0 Å². The first-order chi connectivity index (χ1) is 3.85. The number of hydrogen-bond donors (Lipinski definition) is 1. The molecule has 3 heteroatoms. The summed E-state index contributed by atoms with van der Waals surface area (Å²) in [7, 11) is 4.21. The molecule has 0 rings (SSSR count). The van der Waals surface area contributed by atoms with Crippen LogP contribution in [0.4, 0.5) is 0 Å². The van der Waals surface area contributed by atoms with Crippen LogP contribution < -0.4 is 0 Å². The Morgan fingerprint density at radius 1 is 1.75 bits per heavy atom. The Morgan fingerprint density at radius 2 is 2.38 bits per heavy atom. The molecule has 0 fully saturated rings. The first-order valence-corrected chi connectivity index (χ1v) is 3.46. The third kappa shape index (κ3) is 3.36. The molecule has 0 aromatic rings. The van der Waals surface area contributed by atoms with Crippen LogP contribution in [-0.2, 0) is 4.74 Å². The Balaban J connectivity index is 3.07. The van der Waals surface area contributed by atoms with E-state index in [-0.39, 0.29) is 6.61 Å². The van der Waals surface area contributed by atoms with Gasteiger partial charge in [0.1, 0.15) is 0 Å². The van der Waals surface area contributed by atoms with Gasteiger partial charge in [0.05, 0.1) is 6.61 Å². The van der Waals surface area contributed by atoms with Crippen molar-refractivity contribution in [1.29, 1.82) is 0 Å². The number of aliphatic hydroxyl groups is 1. The third-order valence-corrected chi connectivity index (χ3v) is 1.66. The number of rotatable bonds is 4. The molecule has 0 aliphatic carbocycles. The van der Waals surface area contributed by atoms with Crippen LogP contribution in [0.3, 0.4) is 0 Å².